The van der Waals surface area contributed by atoms with Gasteiger partial charge < -0.3 is 9.66 Å². The smallest absolute Gasteiger partial charge is 0.143 e. The maximum Gasteiger partial charge on any atom is 0.143 e. The summed E-state index contributed by atoms with van der Waals surface area (Å²) in [6.45, 7) is 0. The summed E-state index contributed by atoms with van der Waals surface area (Å²) in [4.78, 5) is 0. The molecule has 0 saturated carbocycles. The molecule has 0 fully saturated rings. The summed E-state index contributed by atoms with van der Waals surface area (Å²) in [5, 5.41) is 10.0. The molecule has 1 unspecified atom stereocenters. The van der Waals surface area contributed by atoms with Crippen molar-refractivity contribution in [1.29, 1.82) is 0 Å². The van der Waals surface area contributed by atoms with Crippen molar-refractivity contribution in [2.24, 2.45) is 4.40 Å². The fraction of sp³-hybridized carbons (Fsp3) is 0. The number of hydrogen-bond donors (Lipinski definition) is 2. The minimum absolute atomic E-state index is 0.114. The molecule has 0 aromatic heterocycles. The third-order valence-electron chi connectivity index (χ3n) is 1.63. The van der Waals surface area contributed by atoms with E-state index in [4.69, 9.17) is 0 Å². The van der Waals surface area contributed by atoms with Crippen LogP contribution in [0.25, 0.3) is 5.76 Å². The Bertz CT molecular complexity index is 421. The average Bonchev–Trinajstić information content (AvgIpc) is 2.12. The van der Waals surface area contributed by atoms with Crippen LogP contribution in [0.3, 0.4) is 0 Å². The Hall–Kier alpha value is -1.13. The highest BCUT2D eigenvalue weighted by molar-refractivity contribution is 8.03. The van der Waals surface area contributed by atoms with Gasteiger partial charge in [0.2, 0.25) is 0 Å². The maximum atomic E-state index is 9.38. The summed E-state index contributed by atoms with van der Waals surface area (Å²) in [7, 11) is -1.10. The van der Waals surface area contributed by atoms with Gasteiger partial charge in [0, 0.05) is 5.22 Å². The molecule has 2 N–H and O–H groups in total. The predicted molar refractivity (Wildman–Crippen MR) is 49.7 cm³/mol. The van der Waals surface area contributed by atoms with Crippen molar-refractivity contribution < 1.29 is 9.66 Å². The van der Waals surface area contributed by atoms with E-state index in [1.54, 1.807) is 12.1 Å². The van der Waals surface area contributed by atoms with Gasteiger partial charge in [0.1, 0.15) is 5.76 Å². The lowest BCUT2D eigenvalue weighted by molar-refractivity contribution is 0.521. The van der Waals surface area contributed by atoms with Crippen molar-refractivity contribution in [2.75, 3.05) is 0 Å². The molecule has 1 atom stereocenters. The van der Waals surface area contributed by atoms with Crippen LogP contribution >= 0.6 is 11.0 Å². The van der Waals surface area contributed by atoms with Gasteiger partial charge in [-0.05, 0) is 12.1 Å². The number of aliphatic hydroxyl groups is 1. The second kappa shape index (κ2) is 2.73. The SMILES string of the molecule is OC1=c2ccccc2=S(O)N=C1. The summed E-state index contributed by atoms with van der Waals surface area (Å²) in [5.41, 5.74) is 0. The van der Waals surface area contributed by atoms with E-state index in [9.17, 15) is 9.66 Å². The molecule has 3 nitrogen and oxygen atoms in total. The Morgan fingerprint density at radius 2 is 2.00 bits per heavy atom. The van der Waals surface area contributed by atoms with Crippen molar-refractivity contribution in [2.45, 2.75) is 0 Å². The van der Waals surface area contributed by atoms with Crippen LogP contribution in [0.5, 0.6) is 0 Å². The predicted octanol–water partition coefficient (Wildman–Crippen LogP) is 1.34. The second-order valence-electron chi connectivity index (χ2n) is 2.38. The zero-order valence-corrected chi connectivity index (χ0v) is 6.95. The van der Waals surface area contributed by atoms with E-state index in [1.807, 2.05) is 12.1 Å². The van der Waals surface area contributed by atoms with E-state index < -0.39 is 11.0 Å². The van der Waals surface area contributed by atoms with Crippen LogP contribution in [0.4, 0.5) is 0 Å². The molecule has 0 saturated heterocycles. The molecule has 1 aromatic carbocycles. The highest BCUT2D eigenvalue weighted by atomic mass is 32.2. The Morgan fingerprint density at radius 3 is 2.75 bits per heavy atom. The van der Waals surface area contributed by atoms with E-state index >= 15 is 0 Å². The molecule has 62 valence electrons. The summed E-state index contributed by atoms with van der Waals surface area (Å²) in [5.74, 6) is 0.114. The van der Waals surface area contributed by atoms with Crippen molar-refractivity contribution in [3.63, 3.8) is 0 Å². The zero-order chi connectivity index (χ0) is 8.55. The average molecular weight is 181 g/mol. The molecule has 0 spiro atoms. The van der Waals surface area contributed by atoms with Crippen LogP contribution in [0.15, 0.2) is 28.7 Å². The number of fused-ring (bicyclic) bond motifs is 1. The normalized spacial score (nSPS) is 20.8. The lowest BCUT2D eigenvalue weighted by Gasteiger charge is -2.01. The summed E-state index contributed by atoms with van der Waals surface area (Å²) in [6.07, 6.45) is 1.28. The standard InChI is InChI=1S/C8H7NO2S/c10-7-5-9-12(11)8-4-2-1-3-6(7)8/h1-5,10H,(H,9,11). The Morgan fingerprint density at radius 1 is 1.25 bits per heavy atom. The lowest BCUT2D eigenvalue weighted by atomic mass is 10.3. The number of aliphatic hydroxyl groups excluding tert-OH is 1. The molecule has 1 aromatic rings. The van der Waals surface area contributed by atoms with E-state index in [0.29, 0.717) is 9.73 Å². The first-order valence-corrected chi connectivity index (χ1v) is 4.56. The number of hydrogen-bond acceptors (Lipinski definition) is 3. The van der Waals surface area contributed by atoms with Gasteiger partial charge in [0.05, 0.1) is 21.7 Å². The Balaban J connectivity index is 3.02. The highest BCUT2D eigenvalue weighted by Gasteiger charge is 2.00. The van der Waals surface area contributed by atoms with E-state index in [2.05, 4.69) is 4.40 Å². The molecule has 0 aliphatic carbocycles. The van der Waals surface area contributed by atoms with Gasteiger partial charge in [-0.3, -0.25) is 0 Å². The minimum atomic E-state index is -1.10. The van der Waals surface area contributed by atoms with E-state index in [1.165, 1.54) is 6.21 Å². The van der Waals surface area contributed by atoms with Gasteiger partial charge in [-0.2, -0.15) is 0 Å². The van der Waals surface area contributed by atoms with Crippen molar-refractivity contribution in [3.05, 3.63) is 34.0 Å². The molecule has 1 aliphatic heterocycles. The van der Waals surface area contributed by atoms with Gasteiger partial charge >= 0.3 is 0 Å². The molecule has 0 bridgehead atoms. The molecule has 0 amide bonds. The molecule has 4 heteroatoms. The van der Waals surface area contributed by atoms with E-state index in [0.717, 1.165) is 0 Å². The van der Waals surface area contributed by atoms with Crippen LogP contribution in [0, 0.1) is 4.51 Å². The Labute approximate surface area is 71.6 Å². The highest BCUT2D eigenvalue weighted by Crippen LogP contribution is 2.14. The summed E-state index contributed by atoms with van der Waals surface area (Å²) < 4.78 is 13.8. The number of rotatable bonds is 0. The monoisotopic (exact) mass is 181 g/mol. The molecular weight excluding hydrogens is 174 g/mol. The summed E-state index contributed by atoms with van der Waals surface area (Å²) >= 11 is 0. The van der Waals surface area contributed by atoms with Crippen molar-refractivity contribution in [3.8, 4) is 0 Å². The lowest BCUT2D eigenvalue weighted by Crippen LogP contribution is -2.10. The largest absolute Gasteiger partial charge is 0.506 e. The van der Waals surface area contributed by atoms with Crippen LogP contribution in [-0.2, 0) is 0 Å². The second-order valence-corrected chi connectivity index (χ2v) is 3.56. The van der Waals surface area contributed by atoms with Gasteiger partial charge in [-0.25, -0.2) is 4.40 Å². The number of nitrogens with zero attached hydrogens (tertiary/aromatic N) is 1. The molecule has 0 radical (unpaired) electrons. The molecular formula is C8H7NO2S. The molecule has 1 aliphatic rings. The van der Waals surface area contributed by atoms with Crippen LogP contribution in [0.1, 0.15) is 0 Å². The first-order chi connectivity index (χ1) is 5.79. The third-order valence-corrected chi connectivity index (χ3v) is 2.69. The topological polar surface area (TPSA) is 52.8 Å². The van der Waals surface area contributed by atoms with Crippen LogP contribution < -0.4 is 5.22 Å². The maximum absolute atomic E-state index is 9.38. The van der Waals surface area contributed by atoms with E-state index in [-0.39, 0.29) is 5.76 Å². The minimum Gasteiger partial charge on any atom is -0.506 e. The van der Waals surface area contributed by atoms with Crippen molar-refractivity contribution >= 4 is 22.9 Å². The van der Waals surface area contributed by atoms with Crippen LogP contribution in [0.2, 0.25) is 0 Å². The molecule has 12 heavy (non-hydrogen) atoms. The summed E-state index contributed by atoms with van der Waals surface area (Å²) in [6, 6.07) is 7.13. The fourth-order valence-corrected chi connectivity index (χ4v) is 1.95. The quantitative estimate of drug-likeness (QED) is 0.593. The van der Waals surface area contributed by atoms with Crippen molar-refractivity contribution in [1.82, 2.24) is 0 Å². The molecule has 2 rings (SSSR count). The van der Waals surface area contributed by atoms with Gasteiger partial charge in [-0.1, -0.05) is 12.1 Å². The first kappa shape index (κ1) is 7.52. The van der Waals surface area contributed by atoms with Crippen LogP contribution in [-0.4, -0.2) is 15.9 Å². The zero-order valence-electron chi connectivity index (χ0n) is 6.14. The van der Waals surface area contributed by atoms with Gasteiger partial charge in [0.15, 0.2) is 0 Å². The van der Waals surface area contributed by atoms with Gasteiger partial charge in [0.25, 0.3) is 0 Å². The Kier molecular flexibility index (Phi) is 1.71. The number of benzene rings is 1. The fourth-order valence-electron chi connectivity index (χ4n) is 1.06. The molecule has 1 heterocycles. The first-order valence-electron chi connectivity index (χ1n) is 3.42. The van der Waals surface area contributed by atoms with Gasteiger partial charge in [-0.15, -0.1) is 0 Å². The third kappa shape index (κ3) is 1.05.